The number of phenols is 1. The van der Waals surface area contributed by atoms with Crippen molar-refractivity contribution in [2.24, 2.45) is 0 Å². The summed E-state index contributed by atoms with van der Waals surface area (Å²) in [5.41, 5.74) is 3.16. The molecule has 2 aromatic carbocycles. The van der Waals surface area contributed by atoms with E-state index >= 15 is 0 Å². The average molecular weight is 550 g/mol. The predicted molar refractivity (Wildman–Crippen MR) is 130 cm³/mol. The van der Waals surface area contributed by atoms with Gasteiger partial charge >= 0.3 is 0 Å². The van der Waals surface area contributed by atoms with Gasteiger partial charge in [0.1, 0.15) is 0 Å². The first-order valence-electron chi connectivity index (χ1n) is 10.2. The molecular weight excluding hydrogens is 527 g/mol. The Labute approximate surface area is 199 Å². The summed E-state index contributed by atoms with van der Waals surface area (Å²) in [6, 6.07) is 11.5. The second kappa shape index (κ2) is 9.90. The van der Waals surface area contributed by atoms with Crippen LogP contribution < -0.4 is 14.8 Å². The van der Waals surface area contributed by atoms with E-state index in [0.29, 0.717) is 32.7 Å². The highest BCUT2D eigenvalue weighted by Gasteiger charge is 2.27. The number of nitrogens with one attached hydrogen (secondary N) is 1. The van der Waals surface area contributed by atoms with Crippen molar-refractivity contribution >= 4 is 40.0 Å². The number of aromatic hydroxyl groups is 1. The number of ether oxygens (including phenoxy) is 2. The van der Waals surface area contributed by atoms with Gasteiger partial charge in [0, 0.05) is 22.6 Å². The smallest absolute Gasteiger partial charge is 0.247 e. The van der Waals surface area contributed by atoms with Gasteiger partial charge < -0.3 is 19.9 Å². The van der Waals surface area contributed by atoms with Crippen LogP contribution in [0.3, 0.4) is 0 Å². The molecule has 0 saturated heterocycles. The molecular formula is C22H23IN4O3S. The predicted octanol–water partition coefficient (Wildman–Crippen LogP) is 5.64. The van der Waals surface area contributed by atoms with E-state index in [2.05, 4.69) is 50.0 Å². The van der Waals surface area contributed by atoms with Gasteiger partial charge in [-0.15, -0.1) is 10.2 Å². The van der Waals surface area contributed by atoms with Crippen LogP contribution in [0.5, 0.6) is 17.4 Å². The Morgan fingerprint density at radius 1 is 1.23 bits per heavy atom. The minimum Gasteiger partial charge on any atom is -0.504 e. The monoisotopic (exact) mass is 550 g/mol. The second-order valence-electron chi connectivity index (χ2n) is 6.92. The van der Waals surface area contributed by atoms with Crippen molar-refractivity contribution < 1.29 is 14.6 Å². The first kappa shape index (κ1) is 21.9. The van der Waals surface area contributed by atoms with Gasteiger partial charge in [-0.25, -0.2) is 0 Å². The fourth-order valence-corrected chi connectivity index (χ4v) is 4.66. The van der Waals surface area contributed by atoms with Gasteiger partial charge in [0.15, 0.2) is 23.4 Å². The number of unbranched alkanes of at least 4 members (excludes halogenated alkanes) is 1. The van der Waals surface area contributed by atoms with Gasteiger partial charge in [0.25, 0.3) is 0 Å². The first-order valence-corrected chi connectivity index (χ1v) is 12.2. The van der Waals surface area contributed by atoms with Crippen molar-refractivity contribution in [1.29, 1.82) is 0 Å². The molecule has 0 saturated carbocycles. The molecule has 1 aliphatic rings. The number of thioether (sulfide) groups is 1. The fourth-order valence-electron chi connectivity index (χ4n) is 3.18. The van der Waals surface area contributed by atoms with Gasteiger partial charge in [-0.05, 0) is 54.1 Å². The lowest BCUT2D eigenvalue weighted by molar-refractivity contribution is 0.224. The molecule has 3 aromatic rings. The lowest BCUT2D eigenvalue weighted by atomic mass is 10.1. The molecule has 0 radical (unpaired) electrons. The summed E-state index contributed by atoms with van der Waals surface area (Å²) in [6.45, 7) is 4.49. The van der Waals surface area contributed by atoms with E-state index in [4.69, 9.17) is 9.47 Å². The number of benzene rings is 2. The number of rotatable bonds is 7. The topological polar surface area (TPSA) is 89.4 Å². The average Bonchev–Trinajstić information content (AvgIpc) is 2.93. The number of hydrogen-bond acceptors (Lipinski definition) is 8. The number of anilines is 1. The van der Waals surface area contributed by atoms with Crippen molar-refractivity contribution in [3.05, 3.63) is 45.5 Å². The highest BCUT2D eigenvalue weighted by Crippen LogP contribution is 2.41. The van der Waals surface area contributed by atoms with Crippen molar-refractivity contribution in [3.63, 3.8) is 0 Å². The number of nitrogens with zero attached hydrogens (tertiary/aromatic N) is 3. The molecule has 1 aliphatic heterocycles. The third-order valence-electron chi connectivity index (χ3n) is 4.72. The molecule has 1 atom stereocenters. The molecule has 31 heavy (non-hydrogen) atoms. The zero-order valence-corrected chi connectivity index (χ0v) is 20.2. The van der Waals surface area contributed by atoms with E-state index in [1.165, 1.54) is 0 Å². The van der Waals surface area contributed by atoms with Gasteiger partial charge in [-0.2, -0.15) is 4.98 Å². The quantitative estimate of drug-likeness (QED) is 0.222. The zero-order chi connectivity index (χ0) is 21.8. The van der Waals surface area contributed by atoms with Crippen LogP contribution in [0.1, 0.15) is 38.5 Å². The first-order chi connectivity index (χ1) is 15.1. The van der Waals surface area contributed by atoms with Crippen LogP contribution in [0.2, 0.25) is 0 Å². The van der Waals surface area contributed by atoms with E-state index in [0.717, 1.165) is 35.4 Å². The summed E-state index contributed by atoms with van der Waals surface area (Å²) in [4.78, 5) is 4.66. The minimum atomic E-state index is -0.541. The highest BCUT2D eigenvalue weighted by molar-refractivity contribution is 14.1. The summed E-state index contributed by atoms with van der Waals surface area (Å²) in [6.07, 6.45) is 1.66. The Morgan fingerprint density at radius 3 is 2.87 bits per heavy atom. The molecule has 0 bridgehead atoms. The maximum Gasteiger partial charge on any atom is 0.247 e. The lowest BCUT2D eigenvalue weighted by Gasteiger charge is -2.21. The molecule has 0 aliphatic carbocycles. The lowest BCUT2D eigenvalue weighted by Crippen LogP contribution is -2.17. The molecule has 7 nitrogen and oxygen atoms in total. The summed E-state index contributed by atoms with van der Waals surface area (Å²) in [7, 11) is 0. The molecule has 1 unspecified atom stereocenters. The van der Waals surface area contributed by atoms with E-state index in [1.807, 2.05) is 37.3 Å². The van der Waals surface area contributed by atoms with Crippen molar-refractivity contribution in [1.82, 2.24) is 15.2 Å². The molecule has 0 spiro atoms. The Hall–Kier alpha value is -2.27. The number of hydrogen-bond donors (Lipinski definition) is 2. The third kappa shape index (κ3) is 4.82. The van der Waals surface area contributed by atoms with Gasteiger partial charge in [0.05, 0.1) is 10.2 Å². The van der Waals surface area contributed by atoms with Crippen LogP contribution in [-0.2, 0) is 0 Å². The van der Waals surface area contributed by atoms with Crippen molar-refractivity contribution in [3.8, 4) is 28.6 Å². The van der Waals surface area contributed by atoms with Crippen molar-refractivity contribution in [2.45, 2.75) is 38.1 Å². The third-order valence-corrected chi connectivity index (χ3v) is 6.46. The molecule has 2 N–H and O–H groups in total. The van der Waals surface area contributed by atoms with Crippen molar-refractivity contribution in [2.75, 3.05) is 17.7 Å². The van der Waals surface area contributed by atoms with E-state index in [-0.39, 0.29) is 5.75 Å². The van der Waals surface area contributed by atoms with E-state index in [9.17, 15) is 5.11 Å². The largest absolute Gasteiger partial charge is 0.504 e. The maximum atomic E-state index is 10.3. The summed E-state index contributed by atoms with van der Waals surface area (Å²) >= 11 is 3.67. The Kier molecular flexibility index (Phi) is 7.01. The molecule has 2 heterocycles. The van der Waals surface area contributed by atoms with Crippen LogP contribution in [-0.4, -0.2) is 32.6 Å². The van der Waals surface area contributed by atoms with E-state index < -0.39 is 6.23 Å². The minimum absolute atomic E-state index is 0.124. The molecule has 1 aromatic heterocycles. The highest BCUT2D eigenvalue weighted by atomic mass is 127. The van der Waals surface area contributed by atoms with Crippen LogP contribution >= 0.6 is 34.4 Å². The molecule has 0 amide bonds. The van der Waals surface area contributed by atoms with Gasteiger partial charge in [0.2, 0.25) is 11.0 Å². The normalized spacial score (nSPS) is 14.6. The SMILES string of the molecule is CCCCSc1nnc2c(n1)OC(c1cc(I)c(O)c(OCC)c1)Nc1ccccc1-2. The second-order valence-corrected chi connectivity index (χ2v) is 9.14. The van der Waals surface area contributed by atoms with Crippen LogP contribution in [0.15, 0.2) is 41.6 Å². The van der Waals surface area contributed by atoms with Gasteiger partial charge in [-0.3, -0.25) is 0 Å². The number of aromatic nitrogens is 3. The number of para-hydroxylation sites is 1. The van der Waals surface area contributed by atoms with Gasteiger partial charge in [-0.1, -0.05) is 43.3 Å². The maximum absolute atomic E-state index is 10.3. The summed E-state index contributed by atoms with van der Waals surface area (Å²) in [5, 5.41) is 23.1. The Bertz CT molecular complexity index is 1080. The molecule has 0 fully saturated rings. The molecule has 4 rings (SSSR count). The zero-order valence-electron chi connectivity index (χ0n) is 17.3. The fraction of sp³-hybridized carbons (Fsp3) is 0.318. The van der Waals surface area contributed by atoms with Crippen LogP contribution in [0, 0.1) is 3.57 Å². The van der Waals surface area contributed by atoms with E-state index in [1.54, 1.807) is 17.8 Å². The number of phenolic OH excluding ortho intramolecular Hbond substituents is 1. The summed E-state index contributed by atoms with van der Waals surface area (Å²) in [5.74, 6) is 1.91. The Morgan fingerprint density at radius 2 is 2.06 bits per heavy atom. The summed E-state index contributed by atoms with van der Waals surface area (Å²) < 4.78 is 12.6. The molecule has 162 valence electrons. The Balaban J connectivity index is 1.76. The number of halogens is 1. The van der Waals surface area contributed by atoms with Crippen LogP contribution in [0.4, 0.5) is 5.69 Å². The number of fused-ring (bicyclic) bond motifs is 3. The molecule has 9 heteroatoms. The van der Waals surface area contributed by atoms with Crippen LogP contribution in [0.25, 0.3) is 11.3 Å². The standard InChI is InChI=1S/C22H23IN4O3S/c1-3-5-10-31-22-25-21-18(26-27-22)14-8-6-7-9-16(14)24-20(30-21)13-11-15(23)19(28)17(12-13)29-4-2/h6-9,11-12,20,24,28H,3-5,10H2,1-2H3.